The van der Waals surface area contributed by atoms with Crippen LogP contribution in [0.1, 0.15) is 61.2 Å². The van der Waals surface area contributed by atoms with E-state index in [1.54, 1.807) is 24.1 Å². The maximum Gasteiger partial charge on any atom is 0.254 e. The predicted octanol–water partition coefficient (Wildman–Crippen LogP) is 1.71. The molecule has 0 aliphatic carbocycles. The lowest BCUT2D eigenvalue weighted by atomic mass is 10.0. The molecule has 1 aliphatic rings. The number of hydrogen-bond donors (Lipinski definition) is 1. The number of aryl methyl sites for hydroxylation is 2. The Morgan fingerprint density at radius 1 is 1.44 bits per heavy atom. The molecule has 1 aliphatic heterocycles. The van der Waals surface area contributed by atoms with Crippen molar-refractivity contribution in [2.45, 2.75) is 51.6 Å². The standard InChI is InChI=1S/C17H26N6O2/c1-4-5-15-20-17(25-21-15)12(2)23-8-6-14(7-9-23)19-16(24)13-10-18-22(3)11-13/h10-12,14H,4-9H2,1-3H3,(H,19,24). The van der Waals surface area contributed by atoms with Crippen molar-refractivity contribution in [3.05, 3.63) is 29.7 Å². The maximum absolute atomic E-state index is 12.2. The fourth-order valence-corrected chi connectivity index (χ4v) is 3.16. The van der Waals surface area contributed by atoms with Crippen molar-refractivity contribution in [2.75, 3.05) is 13.1 Å². The van der Waals surface area contributed by atoms with Crippen LogP contribution >= 0.6 is 0 Å². The minimum atomic E-state index is -0.0549. The van der Waals surface area contributed by atoms with Gasteiger partial charge in [-0.1, -0.05) is 12.1 Å². The van der Waals surface area contributed by atoms with Gasteiger partial charge in [0.25, 0.3) is 5.91 Å². The molecule has 1 fully saturated rings. The molecule has 0 bridgehead atoms. The molecule has 0 spiro atoms. The first-order valence-electron chi connectivity index (χ1n) is 8.93. The lowest BCUT2D eigenvalue weighted by Crippen LogP contribution is -2.45. The first-order valence-corrected chi connectivity index (χ1v) is 8.93. The molecule has 136 valence electrons. The first-order chi connectivity index (χ1) is 12.1. The van der Waals surface area contributed by atoms with Gasteiger partial charge in [0.05, 0.1) is 17.8 Å². The van der Waals surface area contributed by atoms with Crippen molar-refractivity contribution in [2.24, 2.45) is 7.05 Å². The minimum absolute atomic E-state index is 0.0549. The summed E-state index contributed by atoms with van der Waals surface area (Å²) in [6, 6.07) is 0.294. The number of rotatable bonds is 6. The second-order valence-electron chi connectivity index (χ2n) is 6.66. The summed E-state index contributed by atoms with van der Waals surface area (Å²) < 4.78 is 7.04. The molecule has 0 aromatic carbocycles. The van der Waals surface area contributed by atoms with Crippen LogP contribution in [0.5, 0.6) is 0 Å². The Hall–Kier alpha value is -2.22. The molecule has 3 heterocycles. The van der Waals surface area contributed by atoms with Crippen molar-refractivity contribution in [1.82, 2.24) is 30.1 Å². The molecule has 1 saturated heterocycles. The van der Waals surface area contributed by atoms with Crippen LogP contribution in [0.4, 0.5) is 0 Å². The minimum Gasteiger partial charge on any atom is -0.349 e. The van der Waals surface area contributed by atoms with Gasteiger partial charge in [0.15, 0.2) is 5.82 Å². The van der Waals surface area contributed by atoms with E-state index in [2.05, 4.69) is 39.3 Å². The molecule has 0 saturated carbocycles. The summed E-state index contributed by atoms with van der Waals surface area (Å²) in [5.74, 6) is 1.41. The average molecular weight is 346 g/mol. The van der Waals surface area contributed by atoms with Gasteiger partial charge in [-0.2, -0.15) is 10.1 Å². The van der Waals surface area contributed by atoms with Crippen molar-refractivity contribution in [3.8, 4) is 0 Å². The van der Waals surface area contributed by atoms with Crippen LogP contribution in [0.25, 0.3) is 0 Å². The van der Waals surface area contributed by atoms with Crippen LogP contribution in [0, 0.1) is 0 Å². The van der Waals surface area contributed by atoms with Gasteiger partial charge in [0, 0.05) is 38.8 Å². The summed E-state index contributed by atoms with van der Waals surface area (Å²) >= 11 is 0. The highest BCUT2D eigenvalue weighted by atomic mass is 16.5. The molecule has 1 atom stereocenters. The van der Waals surface area contributed by atoms with Gasteiger partial charge < -0.3 is 9.84 Å². The SMILES string of the molecule is CCCc1noc(C(C)N2CCC(NC(=O)c3cnn(C)c3)CC2)n1. The van der Waals surface area contributed by atoms with Gasteiger partial charge in [-0.25, -0.2) is 0 Å². The van der Waals surface area contributed by atoms with E-state index in [1.807, 2.05) is 0 Å². The molecule has 1 unspecified atom stereocenters. The van der Waals surface area contributed by atoms with Crippen LogP contribution in [-0.2, 0) is 13.5 Å². The number of hydrogen-bond acceptors (Lipinski definition) is 6. The smallest absolute Gasteiger partial charge is 0.254 e. The van der Waals surface area contributed by atoms with Crippen molar-refractivity contribution >= 4 is 5.91 Å². The van der Waals surface area contributed by atoms with E-state index < -0.39 is 0 Å². The second-order valence-corrected chi connectivity index (χ2v) is 6.66. The summed E-state index contributed by atoms with van der Waals surface area (Å²) in [5.41, 5.74) is 0.604. The Labute approximate surface area is 147 Å². The van der Waals surface area contributed by atoms with Crippen molar-refractivity contribution in [3.63, 3.8) is 0 Å². The Bertz CT molecular complexity index is 702. The Morgan fingerprint density at radius 3 is 2.84 bits per heavy atom. The Balaban J connectivity index is 1.50. The topological polar surface area (TPSA) is 89.1 Å². The van der Waals surface area contributed by atoms with Crippen LogP contribution in [-0.4, -0.2) is 49.9 Å². The first kappa shape index (κ1) is 17.6. The van der Waals surface area contributed by atoms with E-state index >= 15 is 0 Å². The van der Waals surface area contributed by atoms with Gasteiger partial charge in [0.1, 0.15) is 0 Å². The second kappa shape index (κ2) is 7.77. The van der Waals surface area contributed by atoms with Gasteiger partial charge in [-0.15, -0.1) is 0 Å². The molecule has 2 aromatic heterocycles. The number of aromatic nitrogens is 4. The zero-order chi connectivity index (χ0) is 17.8. The lowest BCUT2D eigenvalue weighted by molar-refractivity contribution is 0.0881. The number of carbonyl (C=O) groups is 1. The number of nitrogens with one attached hydrogen (secondary N) is 1. The van der Waals surface area contributed by atoms with Crippen LogP contribution in [0.3, 0.4) is 0 Å². The lowest BCUT2D eigenvalue weighted by Gasteiger charge is -2.34. The van der Waals surface area contributed by atoms with Gasteiger partial charge >= 0.3 is 0 Å². The van der Waals surface area contributed by atoms with Gasteiger partial charge in [0.2, 0.25) is 5.89 Å². The summed E-state index contributed by atoms with van der Waals surface area (Å²) in [7, 11) is 1.81. The van der Waals surface area contributed by atoms with E-state index in [4.69, 9.17) is 4.52 Å². The fraction of sp³-hybridized carbons (Fsp3) is 0.647. The molecule has 2 aromatic rings. The summed E-state index contributed by atoms with van der Waals surface area (Å²) in [6.45, 7) is 5.98. The molecular weight excluding hydrogens is 320 g/mol. The highest BCUT2D eigenvalue weighted by molar-refractivity contribution is 5.93. The summed E-state index contributed by atoms with van der Waals surface area (Å²) in [6.07, 6.45) is 7.00. The number of amides is 1. The zero-order valence-corrected chi connectivity index (χ0v) is 15.1. The average Bonchev–Trinajstić information content (AvgIpc) is 3.24. The molecule has 1 amide bonds. The van der Waals surface area contributed by atoms with Crippen molar-refractivity contribution in [1.29, 1.82) is 0 Å². The summed E-state index contributed by atoms with van der Waals surface area (Å²) in [5, 5.41) is 11.2. The normalized spacial score (nSPS) is 17.6. The van der Waals surface area contributed by atoms with E-state index in [9.17, 15) is 4.79 Å². The largest absolute Gasteiger partial charge is 0.349 e. The van der Waals surface area contributed by atoms with E-state index in [0.29, 0.717) is 11.5 Å². The maximum atomic E-state index is 12.2. The third-order valence-electron chi connectivity index (χ3n) is 4.69. The number of carbonyl (C=O) groups excluding carboxylic acids is 1. The van der Waals surface area contributed by atoms with Crippen molar-refractivity contribution < 1.29 is 9.32 Å². The van der Waals surface area contributed by atoms with E-state index in [0.717, 1.165) is 44.6 Å². The van der Waals surface area contributed by atoms with Crippen LogP contribution in [0.15, 0.2) is 16.9 Å². The van der Waals surface area contributed by atoms with Crippen LogP contribution < -0.4 is 5.32 Å². The number of piperidine rings is 1. The predicted molar refractivity (Wildman–Crippen MR) is 92.0 cm³/mol. The monoisotopic (exact) mass is 346 g/mol. The molecular formula is C17H26N6O2. The number of likely N-dealkylation sites (tertiary alicyclic amines) is 1. The molecule has 3 rings (SSSR count). The molecule has 8 nitrogen and oxygen atoms in total. The highest BCUT2D eigenvalue weighted by Crippen LogP contribution is 2.23. The highest BCUT2D eigenvalue weighted by Gasteiger charge is 2.27. The molecule has 1 N–H and O–H groups in total. The Kier molecular flexibility index (Phi) is 5.47. The number of nitrogens with zero attached hydrogens (tertiary/aromatic N) is 5. The zero-order valence-electron chi connectivity index (χ0n) is 15.1. The van der Waals surface area contributed by atoms with E-state index in [1.165, 1.54) is 0 Å². The third-order valence-corrected chi connectivity index (χ3v) is 4.69. The van der Waals surface area contributed by atoms with Crippen LogP contribution in [0.2, 0.25) is 0 Å². The quantitative estimate of drug-likeness (QED) is 0.856. The Morgan fingerprint density at radius 2 is 2.20 bits per heavy atom. The molecule has 8 heteroatoms. The van der Waals surface area contributed by atoms with E-state index in [-0.39, 0.29) is 18.0 Å². The molecule has 0 radical (unpaired) electrons. The van der Waals surface area contributed by atoms with Gasteiger partial charge in [-0.05, 0) is 26.2 Å². The summed E-state index contributed by atoms with van der Waals surface area (Å²) in [4.78, 5) is 19.0. The molecule has 25 heavy (non-hydrogen) atoms. The van der Waals surface area contributed by atoms with Gasteiger partial charge in [-0.3, -0.25) is 14.4 Å². The fourth-order valence-electron chi connectivity index (χ4n) is 3.16. The third kappa shape index (κ3) is 4.25.